The minimum absolute atomic E-state index is 0.289. The molecular weight excluding hydrogens is 402 g/mol. The quantitative estimate of drug-likeness (QED) is 0.754. The summed E-state index contributed by atoms with van der Waals surface area (Å²) in [4.78, 5) is 33.7. The number of benzodiazepines with no additional fused rings is 1. The van der Waals surface area contributed by atoms with E-state index in [1.807, 2.05) is 43.3 Å². The molecule has 0 radical (unpaired) electrons. The van der Waals surface area contributed by atoms with Crippen LogP contribution in [0, 0.1) is 6.92 Å². The van der Waals surface area contributed by atoms with E-state index in [0.717, 1.165) is 22.5 Å². The van der Waals surface area contributed by atoms with Crippen LogP contribution >= 0.6 is 0 Å². The number of carbonyl (C=O) groups is 2. The van der Waals surface area contributed by atoms with Gasteiger partial charge in [-0.25, -0.2) is 4.79 Å². The van der Waals surface area contributed by atoms with Gasteiger partial charge in [0.2, 0.25) is 6.17 Å². The van der Waals surface area contributed by atoms with Gasteiger partial charge < -0.3 is 20.4 Å². The number of hydrogen-bond donors (Lipinski definition) is 2. The third-order valence-electron chi connectivity index (χ3n) is 6.34. The van der Waals surface area contributed by atoms with Crippen LogP contribution in [0.1, 0.15) is 43.2 Å². The molecule has 1 saturated carbocycles. The lowest BCUT2D eigenvalue weighted by Gasteiger charge is -2.33. The van der Waals surface area contributed by atoms with Gasteiger partial charge in [-0.1, -0.05) is 37.5 Å². The van der Waals surface area contributed by atoms with E-state index < -0.39 is 12.2 Å². The van der Waals surface area contributed by atoms with Gasteiger partial charge in [0.1, 0.15) is 0 Å². The second-order valence-corrected chi connectivity index (χ2v) is 8.70. The van der Waals surface area contributed by atoms with E-state index in [9.17, 15) is 9.59 Å². The summed E-state index contributed by atoms with van der Waals surface area (Å²) in [5, 5.41) is 5.58. The SMILES string of the molecule is Cc1cc(NC(=O)NC2N=Cc3ccccc3N(C)C2=O)cc(N(C)C2CCCCC2)c1. The Bertz CT molecular complexity index is 1030. The number of para-hydroxylation sites is 1. The van der Waals surface area contributed by atoms with Crippen molar-refractivity contribution in [3.8, 4) is 0 Å². The van der Waals surface area contributed by atoms with Crippen LogP contribution in [-0.2, 0) is 4.79 Å². The first-order valence-electron chi connectivity index (χ1n) is 11.2. The third-order valence-corrected chi connectivity index (χ3v) is 6.34. The smallest absolute Gasteiger partial charge is 0.321 e. The molecule has 2 aliphatic rings. The zero-order valence-electron chi connectivity index (χ0n) is 19.0. The Hall–Kier alpha value is -3.35. The maximum absolute atomic E-state index is 12.8. The summed E-state index contributed by atoms with van der Waals surface area (Å²) in [6, 6.07) is 13.6. The molecule has 1 aliphatic heterocycles. The van der Waals surface area contributed by atoms with Gasteiger partial charge in [0.15, 0.2) is 0 Å². The molecule has 0 bridgehead atoms. The van der Waals surface area contributed by atoms with Crippen LogP contribution < -0.4 is 20.4 Å². The van der Waals surface area contributed by atoms with Gasteiger partial charge in [0, 0.05) is 43.3 Å². The fraction of sp³-hybridized carbons (Fsp3) is 0.400. The molecular formula is C25H31N5O2. The van der Waals surface area contributed by atoms with Gasteiger partial charge in [-0.2, -0.15) is 0 Å². The molecule has 1 aliphatic carbocycles. The van der Waals surface area contributed by atoms with Crippen molar-refractivity contribution in [1.82, 2.24) is 5.32 Å². The predicted octanol–water partition coefficient (Wildman–Crippen LogP) is 4.31. The van der Waals surface area contributed by atoms with Crippen molar-refractivity contribution >= 4 is 35.2 Å². The lowest BCUT2D eigenvalue weighted by molar-refractivity contribution is -0.119. The number of anilines is 3. The summed E-state index contributed by atoms with van der Waals surface area (Å²) < 4.78 is 0. The molecule has 0 aromatic heterocycles. The lowest BCUT2D eigenvalue weighted by Crippen LogP contribution is -2.47. The third kappa shape index (κ3) is 4.77. The molecule has 7 nitrogen and oxygen atoms in total. The van der Waals surface area contributed by atoms with Crippen LogP contribution in [0.15, 0.2) is 47.5 Å². The second kappa shape index (κ2) is 9.42. The summed E-state index contributed by atoms with van der Waals surface area (Å²) in [6.07, 6.45) is 6.89. The van der Waals surface area contributed by atoms with Crippen LogP contribution in [0.5, 0.6) is 0 Å². The second-order valence-electron chi connectivity index (χ2n) is 8.70. The minimum atomic E-state index is -0.985. The number of nitrogens with zero attached hydrogens (tertiary/aromatic N) is 3. The summed E-state index contributed by atoms with van der Waals surface area (Å²) in [6.45, 7) is 2.02. The van der Waals surface area contributed by atoms with Gasteiger partial charge in [0.25, 0.3) is 5.91 Å². The van der Waals surface area contributed by atoms with Crippen molar-refractivity contribution in [2.45, 2.75) is 51.2 Å². The van der Waals surface area contributed by atoms with E-state index in [2.05, 4.69) is 33.6 Å². The molecule has 32 heavy (non-hydrogen) atoms. The van der Waals surface area contributed by atoms with Gasteiger partial charge in [0.05, 0.1) is 5.69 Å². The minimum Gasteiger partial charge on any atom is -0.372 e. The van der Waals surface area contributed by atoms with Crippen LogP contribution in [0.2, 0.25) is 0 Å². The maximum atomic E-state index is 12.8. The Morgan fingerprint density at radius 3 is 2.66 bits per heavy atom. The topological polar surface area (TPSA) is 77.0 Å². The van der Waals surface area contributed by atoms with E-state index in [1.165, 1.54) is 37.0 Å². The molecule has 2 aromatic carbocycles. The Kier molecular flexibility index (Phi) is 6.44. The molecule has 7 heteroatoms. The molecule has 3 amide bonds. The summed E-state index contributed by atoms with van der Waals surface area (Å²) in [7, 11) is 3.82. The highest BCUT2D eigenvalue weighted by molar-refractivity contribution is 6.06. The number of urea groups is 1. The number of benzene rings is 2. The number of hydrogen-bond acceptors (Lipinski definition) is 4. The number of aliphatic imine (C=N–C) groups is 1. The molecule has 1 unspecified atom stereocenters. The normalized spacial score (nSPS) is 18.7. The molecule has 168 valence electrons. The van der Waals surface area contributed by atoms with Crippen molar-refractivity contribution in [2.24, 2.45) is 4.99 Å². The lowest BCUT2D eigenvalue weighted by atomic mass is 9.94. The number of carbonyl (C=O) groups excluding carboxylic acids is 2. The highest BCUT2D eigenvalue weighted by Gasteiger charge is 2.27. The van der Waals surface area contributed by atoms with E-state index in [0.29, 0.717) is 11.7 Å². The van der Waals surface area contributed by atoms with E-state index in [1.54, 1.807) is 13.3 Å². The van der Waals surface area contributed by atoms with Crippen LogP contribution in [0.4, 0.5) is 21.9 Å². The van der Waals surface area contributed by atoms with Crippen molar-refractivity contribution in [1.29, 1.82) is 0 Å². The largest absolute Gasteiger partial charge is 0.372 e. The first-order chi connectivity index (χ1) is 15.4. The van der Waals surface area contributed by atoms with Gasteiger partial charge in [-0.3, -0.25) is 9.79 Å². The first kappa shape index (κ1) is 21.9. The zero-order chi connectivity index (χ0) is 22.7. The average molecular weight is 434 g/mol. The zero-order valence-corrected chi connectivity index (χ0v) is 19.0. The molecule has 1 fully saturated rings. The molecule has 4 rings (SSSR count). The number of amides is 3. The maximum Gasteiger partial charge on any atom is 0.321 e. The number of rotatable bonds is 4. The summed E-state index contributed by atoms with van der Waals surface area (Å²) in [5.41, 5.74) is 4.45. The predicted molar refractivity (Wildman–Crippen MR) is 130 cm³/mol. The van der Waals surface area contributed by atoms with Crippen molar-refractivity contribution in [3.63, 3.8) is 0 Å². The molecule has 1 atom stereocenters. The number of nitrogens with one attached hydrogen (secondary N) is 2. The standard InChI is InChI=1S/C25H31N5O2/c1-17-13-19(15-21(14-17)29(2)20-10-5-4-6-11-20)27-25(32)28-23-24(31)30(3)22-12-8-7-9-18(22)16-26-23/h7-9,12-16,20,23H,4-6,10-11H2,1-3H3,(H2,27,28,32). The van der Waals surface area contributed by atoms with Crippen LogP contribution in [0.3, 0.4) is 0 Å². The Labute approximate surface area is 189 Å². The van der Waals surface area contributed by atoms with E-state index in [-0.39, 0.29) is 5.91 Å². The van der Waals surface area contributed by atoms with Crippen molar-refractivity contribution in [2.75, 3.05) is 29.2 Å². The van der Waals surface area contributed by atoms with E-state index in [4.69, 9.17) is 0 Å². The summed E-state index contributed by atoms with van der Waals surface area (Å²) >= 11 is 0. The Morgan fingerprint density at radius 1 is 1.12 bits per heavy atom. The summed E-state index contributed by atoms with van der Waals surface area (Å²) in [5.74, 6) is -0.289. The molecule has 0 saturated heterocycles. The number of aryl methyl sites for hydroxylation is 1. The van der Waals surface area contributed by atoms with E-state index >= 15 is 0 Å². The molecule has 0 spiro atoms. The first-order valence-corrected chi connectivity index (χ1v) is 11.2. The fourth-order valence-electron chi connectivity index (χ4n) is 4.53. The van der Waals surface area contributed by atoms with Crippen molar-refractivity contribution < 1.29 is 9.59 Å². The van der Waals surface area contributed by atoms with Gasteiger partial charge in [-0.15, -0.1) is 0 Å². The average Bonchev–Trinajstić information content (AvgIpc) is 2.91. The fourth-order valence-corrected chi connectivity index (χ4v) is 4.53. The monoisotopic (exact) mass is 433 g/mol. The van der Waals surface area contributed by atoms with Crippen molar-refractivity contribution in [3.05, 3.63) is 53.6 Å². The Balaban J connectivity index is 1.45. The Morgan fingerprint density at radius 2 is 1.88 bits per heavy atom. The highest BCUT2D eigenvalue weighted by atomic mass is 16.2. The van der Waals surface area contributed by atoms with Gasteiger partial charge in [-0.05, 0) is 49.6 Å². The van der Waals surface area contributed by atoms with Gasteiger partial charge >= 0.3 is 6.03 Å². The number of likely N-dealkylation sites (N-methyl/N-ethyl adjacent to an activating group) is 1. The molecule has 1 heterocycles. The highest BCUT2D eigenvalue weighted by Crippen LogP contribution is 2.29. The van der Waals surface area contributed by atoms with Crippen LogP contribution in [0.25, 0.3) is 0 Å². The molecule has 2 aromatic rings. The molecule has 2 N–H and O–H groups in total. The number of fused-ring (bicyclic) bond motifs is 1. The van der Waals surface area contributed by atoms with Crippen LogP contribution in [-0.4, -0.2) is 44.5 Å².